The Bertz CT molecular complexity index is 1610. The van der Waals surface area contributed by atoms with Crippen LogP contribution in [0.25, 0.3) is 27.7 Å². The van der Waals surface area contributed by atoms with Crippen LogP contribution in [-0.2, 0) is 4.79 Å². The smallest absolute Gasteiger partial charge is 0.352 e. The molecule has 0 spiro atoms. The van der Waals surface area contributed by atoms with Crippen molar-refractivity contribution < 1.29 is 9.18 Å². The van der Waals surface area contributed by atoms with Gasteiger partial charge in [0.05, 0.1) is 11.2 Å². The molecule has 0 saturated carbocycles. The average Bonchev–Trinajstić information content (AvgIpc) is 2.92. The van der Waals surface area contributed by atoms with Gasteiger partial charge in [0.1, 0.15) is 11.6 Å². The summed E-state index contributed by atoms with van der Waals surface area (Å²) in [4.78, 5) is 34.1. The van der Waals surface area contributed by atoms with Crippen molar-refractivity contribution in [3.8, 4) is 16.8 Å². The van der Waals surface area contributed by atoms with Crippen LogP contribution in [0.5, 0.6) is 0 Å². The molecule has 4 aromatic rings. The lowest BCUT2D eigenvalue weighted by Gasteiger charge is -2.35. The van der Waals surface area contributed by atoms with Gasteiger partial charge in [0.2, 0.25) is 5.91 Å². The molecule has 6 nitrogen and oxygen atoms in total. The summed E-state index contributed by atoms with van der Waals surface area (Å²) in [5.41, 5.74) is 2.70. The maximum atomic E-state index is 14.8. The van der Waals surface area contributed by atoms with Crippen LogP contribution in [0.4, 0.5) is 10.2 Å². The van der Waals surface area contributed by atoms with E-state index >= 15 is 0 Å². The first-order valence-corrected chi connectivity index (χ1v) is 12.9. The minimum atomic E-state index is -0.438. The van der Waals surface area contributed by atoms with E-state index in [9.17, 15) is 14.0 Å². The minimum Gasteiger partial charge on any atom is -0.352 e. The summed E-state index contributed by atoms with van der Waals surface area (Å²) in [5.74, 6) is 0.126. The van der Waals surface area contributed by atoms with Crippen molar-refractivity contribution in [2.24, 2.45) is 0 Å². The van der Waals surface area contributed by atoms with E-state index in [0.29, 0.717) is 59.0 Å². The molecule has 8 heteroatoms. The van der Waals surface area contributed by atoms with Crippen LogP contribution in [0.3, 0.4) is 0 Å². The van der Waals surface area contributed by atoms with Crippen LogP contribution in [0.2, 0.25) is 5.02 Å². The van der Waals surface area contributed by atoms with E-state index < -0.39 is 11.5 Å². The number of benzene rings is 3. The molecule has 1 saturated heterocycles. The highest BCUT2D eigenvalue weighted by Crippen LogP contribution is 2.37. The highest BCUT2D eigenvalue weighted by molar-refractivity contribution is 6.34. The predicted octanol–water partition coefficient (Wildman–Crippen LogP) is 5.80. The van der Waals surface area contributed by atoms with E-state index in [1.807, 2.05) is 29.2 Å². The van der Waals surface area contributed by atoms with Crippen LogP contribution in [0, 0.1) is 5.82 Å². The van der Waals surface area contributed by atoms with E-state index in [1.54, 1.807) is 39.8 Å². The molecule has 1 amide bonds. The second-order valence-corrected chi connectivity index (χ2v) is 10.0. The minimum absolute atomic E-state index is 0.124. The van der Waals surface area contributed by atoms with E-state index in [-0.39, 0.29) is 11.8 Å². The molecule has 1 aliphatic rings. The Balaban J connectivity index is 1.76. The van der Waals surface area contributed by atoms with Gasteiger partial charge in [-0.1, -0.05) is 68.4 Å². The van der Waals surface area contributed by atoms with Gasteiger partial charge >= 0.3 is 5.69 Å². The van der Waals surface area contributed by atoms with E-state index in [1.165, 1.54) is 12.1 Å². The first-order chi connectivity index (χ1) is 18.3. The predicted molar refractivity (Wildman–Crippen MR) is 151 cm³/mol. The van der Waals surface area contributed by atoms with Crippen LogP contribution >= 0.6 is 11.6 Å². The van der Waals surface area contributed by atoms with E-state index in [0.717, 1.165) is 11.3 Å². The summed E-state index contributed by atoms with van der Waals surface area (Å²) in [7, 11) is 0. The van der Waals surface area contributed by atoms with Gasteiger partial charge in [0.25, 0.3) is 0 Å². The van der Waals surface area contributed by atoms with Gasteiger partial charge in [-0.05, 0) is 41.8 Å². The highest BCUT2D eigenvalue weighted by Gasteiger charge is 2.25. The molecule has 0 bridgehead atoms. The third kappa shape index (κ3) is 4.58. The van der Waals surface area contributed by atoms with Gasteiger partial charge in [-0.3, -0.25) is 9.36 Å². The lowest BCUT2D eigenvalue weighted by molar-refractivity contribution is -0.126. The van der Waals surface area contributed by atoms with Gasteiger partial charge in [-0.2, -0.15) is 4.98 Å². The zero-order valence-electron chi connectivity index (χ0n) is 21.3. The number of para-hydroxylation sites is 1. The van der Waals surface area contributed by atoms with Gasteiger partial charge in [-0.25, -0.2) is 9.18 Å². The quantitative estimate of drug-likeness (QED) is 0.306. The normalized spacial score (nSPS) is 13.8. The Morgan fingerprint density at radius 1 is 1.03 bits per heavy atom. The molecule has 0 atom stereocenters. The van der Waals surface area contributed by atoms with Crippen LogP contribution in [0.15, 0.2) is 78.1 Å². The maximum absolute atomic E-state index is 14.8. The molecule has 38 heavy (non-hydrogen) atoms. The van der Waals surface area contributed by atoms with Crippen molar-refractivity contribution in [3.63, 3.8) is 0 Å². The van der Waals surface area contributed by atoms with Crippen LogP contribution < -0.4 is 10.6 Å². The number of hydrogen-bond acceptors (Lipinski definition) is 4. The first-order valence-electron chi connectivity index (χ1n) is 12.6. The van der Waals surface area contributed by atoms with Crippen molar-refractivity contribution in [1.82, 2.24) is 14.5 Å². The van der Waals surface area contributed by atoms with Crippen molar-refractivity contribution in [1.29, 1.82) is 0 Å². The zero-order chi connectivity index (χ0) is 27.0. The number of piperazine rings is 1. The number of amides is 1. The Hall–Kier alpha value is -3.97. The summed E-state index contributed by atoms with van der Waals surface area (Å²) in [6, 6.07) is 17.7. The number of halogens is 2. The van der Waals surface area contributed by atoms with Crippen molar-refractivity contribution in [2.45, 2.75) is 19.8 Å². The number of carbonyl (C=O) groups excluding carboxylic acids is 1. The monoisotopic (exact) mass is 530 g/mol. The zero-order valence-corrected chi connectivity index (χ0v) is 22.1. The number of anilines is 1. The third-order valence-corrected chi connectivity index (χ3v) is 7.30. The SMILES string of the molecule is C=CC(=O)N1CCN(c2nc(=O)n(-c3ccccc3C(C)C)c3cc(-c4ccccc4F)c(Cl)cc23)CC1. The molecule has 2 heterocycles. The molecular weight excluding hydrogens is 503 g/mol. The standard InChI is InChI=1S/C30H28ClFN4O2/c1-4-28(37)34-13-15-35(16-14-34)29-23-17-24(31)22(21-10-5-7-11-25(21)32)18-27(23)36(30(38)33-29)26-12-8-6-9-20(26)19(2)3/h4-12,17-19H,1,13-16H2,2-3H3. The molecule has 0 aliphatic carbocycles. The molecule has 1 fully saturated rings. The molecule has 194 valence electrons. The van der Waals surface area contributed by atoms with Crippen molar-refractivity contribution >= 4 is 34.2 Å². The molecule has 0 unspecified atom stereocenters. The summed E-state index contributed by atoms with van der Waals surface area (Å²) >= 11 is 6.76. The van der Waals surface area contributed by atoms with Gasteiger partial charge in [-0.15, -0.1) is 0 Å². The fourth-order valence-corrected chi connectivity index (χ4v) is 5.30. The first kappa shape index (κ1) is 25.7. The third-order valence-electron chi connectivity index (χ3n) is 6.99. The number of carbonyl (C=O) groups is 1. The van der Waals surface area contributed by atoms with Crippen LogP contribution in [-0.4, -0.2) is 46.5 Å². The van der Waals surface area contributed by atoms with Gasteiger partial charge < -0.3 is 9.80 Å². The van der Waals surface area contributed by atoms with E-state index in [4.69, 9.17) is 11.6 Å². The fourth-order valence-electron chi connectivity index (χ4n) is 5.04. The molecule has 0 radical (unpaired) electrons. The van der Waals surface area contributed by atoms with Gasteiger partial charge in [0.15, 0.2) is 0 Å². The molecule has 1 aromatic heterocycles. The number of hydrogen-bond donors (Lipinski definition) is 0. The Labute approximate surface area is 225 Å². The summed E-state index contributed by atoms with van der Waals surface area (Å²) in [5, 5.41) is 1.03. The average molecular weight is 531 g/mol. The number of rotatable bonds is 5. The Morgan fingerprint density at radius 3 is 2.39 bits per heavy atom. The van der Waals surface area contributed by atoms with E-state index in [2.05, 4.69) is 25.4 Å². The Morgan fingerprint density at radius 2 is 1.71 bits per heavy atom. The van der Waals surface area contributed by atoms with Crippen molar-refractivity contribution in [2.75, 3.05) is 31.1 Å². The lowest BCUT2D eigenvalue weighted by atomic mass is 9.99. The molecule has 0 N–H and O–H groups in total. The molecule has 5 rings (SSSR count). The topological polar surface area (TPSA) is 58.4 Å². The van der Waals surface area contributed by atoms with Gasteiger partial charge in [0, 0.05) is 47.7 Å². The lowest BCUT2D eigenvalue weighted by Crippen LogP contribution is -2.49. The maximum Gasteiger partial charge on any atom is 0.354 e. The summed E-state index contributed by atoms with van der Waals surface area (Å²) in [6.07, 6.45) is 1.31. The number of nitrogens with zero attached hydrogens (tertiary/aromatic N) is 4. The second-order valence-electron chi connectivity index (χ2n) is 9.61. The second kappa shape index (κ2) is 10.4. The van der Waals surface area contributed by atoms with Crippen LogP contribution in [0.1, 0.15) is 25.3 Å². The number of fused-ring (bicyclic) bond motifs is 1. The molecule has 3 aromatic carbocycles. The van der Waals surface area contributed by atoms with Crippen molar-refractivity contribution in [3.05, 3.63) is 100 Å². The summed E-state index contributed by atoms with van der Waals surface area (Å²) in [6.45, 7) is 9.67. The number of aromatic nitrogens is 2. The molecular formula is C30H28ClFN4O2. The Kier molecular flexibility index (Phi) is 7.04. The largest absolute Gasteiger partial charge is 0.354 e. The highest BCUT2D eigenvalue weighted by atomic mass is 35.5. The molecule has 1 aliphatic heterocycles. The summed E-state index contributed by atoms with van der Waals surface area (Å²) < 4.78 is 16.4. The fraction of sp³-hybridized carbons (Fsp3) is 0.233.